The molecule has 1 atom stereocenters. The van der Waals surface area contributed by atoms with E-state index in [4.69, 9.17) is 4.42 Å². The summed E-state index contributed by atoms with van der Waals surface area (Å²) in [5.74, 6) is 0.340. The molecule has 1 unspecified atom stereocenters. The Morgan fingerprint density at radius 3 is 2.77 bits per heavy atom. The monoisotopic (exact) mass is 355 g/mol. The summed E-state index contributed by atoms with van der Waals surface area (Å²) in [4.78, 5) is 24.8. The molecule has 0 spiro atoms. The predicted molar refractivity (Wildman–Crippen MR) is 92.0 cm³/mol. The van der Waals surface area contributed by atoms with Crippen LogP contribution < -0.4 is 0 Å². The number of rotatable bonds is 5. The predicted octanol–water partition coefficient (Wildman–Crippen LogP) is 2.91. The van der Waals surface area contributed by atoms with Gasteiger partial charge in [-0.25, -0.2) is 4.68 Å². The van der Waals surface area contributed by atoms with Gasteiger partial charge in [0.15, 0.2) is 5.69 Å². The lowest BCUT2D eigenvalue weighted by Gasteiger charge is -2.22. The maximum absolute atomic E-state index is 12.8. The van der Waals surface area contributed by atoms with Crippen LogP contribution in [0.2, 0.25) is 0 Å². The van der Waals surface area contributed by atoms with Crippen LogP contribution in [0.25, 0.3) is 5.69 Å². The number of furan rings is 1. The van der Waals surface area contributed by atoms with Crippen molar-refractivity contribution >= 4 is 11.6 Å². The summed E-state index contributed by atoms with van der Waals surface area (Å²) >= 11 is 0. The number of amides is 1. The smallest absolute Gasteiger partial charge is 0.276 e. The van der Waals surface area contributed by atoms with E-state index in [-0.39, 0.29) is 23.3 Å². The molecule has 3 rings (SSSR count). The SMILES string of the molecule is Cc1c(C(=O)N(C)C(C)c2ccco2)nnn1-c1cccc([N+](=O)[O-])c1. The molecule has 26 heavy (non-hydrogen) atoms. The molecule has 0 radical (unpaired) electrons. The van der Waals surface area contributed by atoms with Gasteiger partial charge in [0.25, 0.3) is 11.6 Å². The fourth-order valence-corrected chi connectivity index (χ4v) is 2.57. The topological polar surface area (TPSA) is 107 Å². The number of nitrogens with zero attached hydrogens (tertiary/aromatic N) is 5. The first kappa shape index (κ1) is 17.3. The molecule has 0 aliphatic carbocycles. The zero-order chi connectivity index (χ0) is 18.8. The van der Waals surface area contributed by atoms with Crippen molar-refractivity contribution in [2.24, 2.45) is 0 Å². The first-order valence-corrected chi connectivity index (χ1v) is 7.88. The third kappa shape index (κ3) is 3.06. The van der Waals surface area contributed by atoms with E-state index in [1.807, 2.05) is 6.92 Å². The molecule has 1 aromatic carbocycles. The Bertz CT molecular complexity index is 948. The largest absolute Gasteiger partial charge is 0.467 e. The van der Waals surface area contributed by atoms with E-state index in [0.29, 0.717) is 17.1 Å². The minimum Gasteiger partial charge on any atom is -0.467 e. The van der Waals surface area contributed by atoms with Crippen molar-refractivity contribution in [1.29, 1.82) is 0 Å². The Hall–Kier alpha value is -3.49. The summed E-state index contributed by atoms with van der Waals surface area (Å²) in [6, 6.07) is 9.26. The number of nitro groups is 1. The quantitative estimate of drug-likeness (QED) is 0.514. The number of hydrogen-bond acceptors (Lipinski definition) is 6. The first-order chi connectivity index (χ1) is 12.4. The summed E-state index contributed by atoms with van der Waals surface area (Å²) in [5, 5.41) is 18.9. The van der Waals surface area contributed by atoms with Crippen molar-refractivity contribution in [1.82, 2.24) is 19.9 Å². The molecule has 134 valence electrons. The average molecular weight is 355 g/mol. The Morgan fingerprint density at radius 1 is 1.35 bits per heavy atom. The summed E-state index contributed by atoms with van der Waals surface area (Å²) in [6.07, 6.45) is 1.55. The fraction of sp³-hybridized carbons (Fsp3) is 0.235. The van der Waals surface area contributed by atoms with E-state index in [9.17, 15) is 14.9 Å². The lowest BCUT2D eigenvalue weighted by molar-refractivity contribution is -0.384. The molecule has 1 amide bonds. The summed E-state index contributed by atoms with van der Waals surface area (Å²) in [6.45, 7) is 3.54. The Labute approximate surface area is 149 Å². The zero-order valence-corrected chi connectivity index (χ0v) is 14.5. The van der Waals surface area contributed by atoms with Gasteiger partial charge in [0, 0.05) is 19.2 Å². The van der Waals surface area contributed by atoms with Crippen LogP contribution in [0.1, 0.15) is 34.9 Å². The molecule has 0 bridgehead atoms. The lowest BCUT2D eigenvalue weighted by atomic mass is 10.2. The number of benzene rings is 1. The van der Waals surface area contributed by atoms with Crippen LogP contribution in [0.5, 0.6) is 0 Å². The molecule has 0 fully saturated rings. The highest BCUT2D eigenvalue weighted by Gasteiger charge is 2.26. The minimum atomic E-state index is -0.485. The van der Waals surface area contributed by atoms with Crippen LogP contribution in [-0.4, -0.2) is 37.8 Å². The maximum atomic E-state index is 12.8. The lowest BCUT2D eigenvalue weighted by Crippen LogP contribution is -2.30. The van der Waals surface area contributed by atoms with Crippen molar-refractivity contribution in [3.05, 3.63) is 69.9 Å². The summed E-state index contributed by atoms with van der Waals surface area (Å²) in [5.41, 5.74) is 1.07. The number of non-ortho nitro benzene ring substituents is 1. The van der Waals surface area contributed by atoms with Crippen molar-refractivity contribution in [3.63, 3.8) is 0 Å². The zero-order valence-electron chi connectivity index (χ0n) is 14.5. The summed E-state index contributed by atoms with van der Waals surface area (Å²) < 4.78 is 6.75. The van der Waals surface area contributed by atoms with Crippen LogP contribution in [-0.2, 0) is 0 Å². The third-order valence-electron chi connectivity index (χ3n) is 4.24. The maximum Gasteiger partial charge on any atom is 0.276 e. The van der Waals surface area contributed by atoms with Gasteiger partial charge < -0.3 is 9.32 Å². The molecule has 0 N–H and O–H groups in total. The van der Waals surface area contributed by atoms with Gasteiger partial charge in [0.1, 0.15) is 5.76 Å². The van der Waals surface area contributed by atoms with Crippen molar-refractivity contribution < 1.29 is 14.1 Å². The Kier molecular flexibility index (Phi) is 4.53. The van der Waals surface area contributed by atoms with Gasteiger partial charge in [-0.05, 0) is 32.0 Å². The number of carbonyl (C=O) groups is 1. The normalized spacial score (nSPS) is 12.0. The molecule has 9 heteroatoms. The number of aromatic nitrogens is 3. The van der Waals surface area contributed by atoms with Crippen LogP contribution in [0, 0.1) is 17.0 Å². The standard InChI is InChI=1S/C17H17N5O4/c1-11(15-8-5-9-26-15)20(3)17(23)16-12(2)21(19-18-16)13-6-4-7-14(10-13)22(24)25/h4-11H,1-3H3. The van der Waals surface area contributed by atoms with Gasteiger partial charge in [-0.1, -0.05) is 11.3 Å². The van der Waals surface area contributed by atoms with E-state index in [0.717, 1.165) is 0 Å². The molecular weight excluding hydrogens is 338 g/mol. The number of carbonyl (C=O) groups excluding carboxylic acids is 1. The number of nitro benzene ring substituents is 1. The fourth-order valence-electron chi connectivity index (χ4n) is 2.57. The molecule has 0 aliphatic heterocycles. The van der Waals surface area contributed by atoms with Crippen LogP contribution in [0.15, 0.2) is 47.1 Å². The molecule has 2 heterocycles. The van der Waals surface area contributed by atoms with Crippen molar-refractivity contribution in [2.45, 2.75) is 19.9 Å². The van der Waals surface area contributed by atoms with Crippen molar-refractivity contribution in [3.8, 4) is 5.69 Å². The second-order valence-electron chi connectivity index (χ2n) is 5.82. The molecule has 0 saturated carbocycles. The highest BCUT2D eigenvalue weighted by atomic mass is 16.6. The van der Waals surface area contributed by atoms with E-state index >= 15 is 0 Å². The Balaban J connectivity index is 1.90. The van der Waals surface area contributed by atoms with Crippen LogP contribution in [0.4, 0.5) is 5.69 Å². The molecule has 3 aromatic rings. The molecule has 0 saturated heterocycles. The van der Waals surface area contributed by atoms with Gasteiger partial charge in [-0.2, -0.15) is 0 Å². The Morgan fingerprint density at radius 2 is 2.12 bits per heavy atom. The summed E-state index contributed by atoms with van der Waals surface area (Å²) in [7, 11) is 1.65. The molecular formula is C17H17N5O4. The molecule has 2 aromatic heterocycles. The van der Waals surface area contributed by atoms with Gasteiger partial charge in [0.2, 0.25) is 0 Å². The second-order valence-corrected chi connectivity index (χ2v) is 5.82. The minimum absolute atomic E-state index is 0.0613. The highest BCUT2D eigenvalue weighted by Crippen LogP contribution is 2.23. The van der Waals surface area contributed by atoms with Gasteiger partial charge in [-0.15, -0.1) is 5.10 Å². The molecule has 0 aliphatic rings. The van der Waals surface area contributed by atoms with E-state index in [2.05, 4.69) is 10.3 Å². The van der Waals surface area contributed by atoms with E-state index < -0.39 is 4.92 Å². The average Bonchev–Trinajstić information content (AvgIpc) is 3.30. The van der Waals surface area contributed by atoms with Gasteiger partial charge >= 0.3 is 0 Å². The van der Waals surface area contributed by atoms with Crippen LogP contribution in [0.3, 0.4) is 0 Å². The van der Waals surface area contributed by atoms with Gasteiger partial charge in [-0.3, -0.25) is 14.9 Å². The first-order valence-electron chi connectivity index (χ1n) is 7.88. The van der Waals surface area contributed by atoms with Gasteiger partial charge in [0.05, 0.1) is 28.6 Å². The van der Waals surface area contributed by atoms with E-state index in [1.54, 1.807) is 44.5 Å². The molecule has 9 nitrogen and oxygen atoms in total. The number of hydrogen-bond donors (Lipinski definition) is 0. The van der Waals surface area contributed by atoms with Crippen molar-refractivity contribution in [2.75, 3.05) is 7.05 Å². The van der Waals surface area contributed by atoms with Crippen LogP contribution >= 0.6 is 0 Å². The third-order valence-corrected chi connectivity index (χ3v) is 4.24. The highest BCUT2D eigenvalue weighted by molar-refractivity contribution is 5.93. The van der Waals surface area contributed by atoms with E-state index in [1.165, 1.54) is 21.7 Å². The second kappa shape index (κ2) is 6.79.